The molecule has 1 aliphatic rings. The van der Waals surface area contributed by atoms with Crippen LogP contribution in [0.1, 0.15) is 39.2 Å². The molecule has 1 aromatic carbocycles. The lowest BCUT2D eigenvalue weighted by atomic mass is 9.76. The zero-order chi connectivity index (χ0) is 15.5. The number of benzene rings is 1. The van der Waals surface area contributed by atoms with Crippen molar-refractivity contribution in [3.8, 4) is 0 Å². The number of nitrogens with one attached hydrogen (secondary N) is 1. The average molecular weight is 297 g/mol. The molecular weight excluding hydrogens is 272 g/mol. The number of halogens is 2. The third-order valence-electron chi connectivity index (χ3n) is 3.90. The van der Waals surface area contributed by atoms with E-state index >= 15 is 0 Å². The Morgan fingerprint density at radius 2 is 1.86 bits per heavy atom. The maximum atomic E-state index is 13.4. The molecule has 0 aliphatic carbocycles. The van der Waals surface area contributed by atoms with Gasteiger partial charge in [0.15, 0.2) is 0 Å². The second-order valence-corrected chi connectivity index (χ2v) is 7.21. The van der Waals surface area contributed by atoms with Crippen molar-refractivity contribution in [3.63, 3.8) is 0 Å². The molecule has 21 heavy (non-hydrogen) atoms. The maximum absolute atomic E-state index is 13.4. The predicted molar refractivity (Wildman–Crippen MR) is 80.3 cm³/mol. The van der Waals surface area contributed by atoms with E-state index in [0.717, 1.165) is 32.1 Å². The molecule has 4 heteroatoms. The van der Waals surface area contributed by atoms with E-state index < -0.39 is 11.6 Å². The highest BCUT2D eigenvalue weighted by atomic mass is 19.1. The molecule has 1 atom stereocenters. The molecule has 0 saturated carbocycles. The quantitative estimate of drug-likeness (QED) is 0.915. The maximum Gasteiger partial charge on any atom is 0.126 e. The Morgan fingerprint density at radius 3 is 2.38 bits per heavy atom. The molecule has 1 fully saturated rings. The lowest BCUT2D eigenvalue weighted by Gasteiger charge is -2.39. The summed E-state index contributed by atoms with van der Waals surface area (Å²) in [6.45, 7) is 8.54. The van der Waals surface area contributed by atoms with Crippen LogP contribution in [-0.4, -0.2) is 25.3 Å². The van der Waals surface area contributed by atoms with E-state index in [1.165, 1.54) is 12.1 Å². The smallest absolute Gasteiger partial charge is 0.126 e. The zero-order valence-electron chi connectivity index (χ0n) is 13.1. The van der Waals surface area contributed by atoms with Gasteiger partial charge >= 0.3 is 0 Å². The highest BCUT2D eigenvalue weighted by Crippen LogP contribution is 2.33. The molecule has 0 radical (unpaired) electrons. The third-order valence-corrected chi connectivity index (χ3v) is 3.90. The molecule has 0 amide bonds. The Balaban J connectivity index is 2.15. The number of hydrogen-bond acceptors (Lipinski definition) is 2. The van der Waals surface area contributed by atoms with Crippen LogP contribution in [0.15, 0.2) is 18.2 Å². The monoisotopic (exact) mass is 297 g/mol. The lowest BCUT2D eigenvalue weighted by Crippen LogP contribution is -2.48. The average Bonchev–Trinajstić information content (AvgIpc) is 2.35. The fraction of sp³-hybridized carbons (Fsp3) is 0.647. The van der Waals surface area contributed by atoms with Crippen LogP contribution in [0.25, 0.3) is 0 Å². The first-order chi connectivity index (χ1) is 9.78. The molecule has 1 unspecified atom stereocenters. The summed E-state index contributed by atoms with van der Waals surface area (Å²) in [6, 6.07) is 3.77. The molecule has 0 spiro atoms. The zero-order valence-corrected chi connectivity index (χ0v) is 13.1. The van der Waals surface area contributed by atoms with Crippen LogP contribution in [0.2, 0.25) is 0 Å². The van der Waals surface area contributed by atoms with Crippen LogP contribution in [0.5, 0.6) is 0 Å². The molecule has 1 aliphatic heterocycles. The summed E-state index contributed by atoms with van der Waals surface area (Å²) in [4.78, 5) is 0. The molecule has 1 saturated heterocycles. The van der Waals surface area contributed by atoms with Crippen LogP contribution in [0, 0.1) is 17.0 Å². The lowest BCUT2D eigenvalue weighted by molar-refractivity contribution is -0.00999. The summed E-state index contributed by atoms with van der Waals surface area (Å²) < 4.78 is 32.4. The van der Waals surface area contributed by atoms with Gasteiger partial charge in [-0.3, -0.25) is 0 Å². The normalized spacial score (nSPS) is 23.3. The Labute approximate surface area is 125 Å². The molecule has 1 aromatic rings. The SMILES string of the molecule is CC(C)(C)NCC1(Cc2cc(F)cc(F)c2)CCCOC1. The molecule has 118 valence electrons. The molecular formula is C17H25F2NO. The number of hydrogen-bond donors (Lipinski definition) is 1. The molecule has 0 aromatic heterocycles. The fourth-order valence-corrected chi connectivity index (χ4v) is 2.85. The van der Waals surface area contributed by atoms with Gasteiger partial charge in [-0.25, -0.2) is 8.78 Å². The highest BCUT2D eigenvalue weighted by molar-refractivity contribution is 5.20. The topological polar surface area (TPSA) is 21.3 Å². The third kappa shape index (κ3) is 5.04. The summed E-state index contributed by atoms with van der Waals surface area (Å²) in [7, 11) is 0. The first-order valence-electron chi connectivity index (χ1n) is 7.56. The Kier molecular flexibility index (Phi) is 4.99. The summed E-state index contributed by atoms with van der Waals surface area (Å²) in [5, 5.41) is 3.51. The van der Waals surface area contributed by atoms with E-state index in [0.29, 0.717) is 18.6 Å². The van der Waals surface area contributed by atoms with Crippen molar-refractivity contribution < 1.29 is 13.5 Å². The van der Waals surface area contributed by atoms with Crippen LogP contribution in [-0.2, 0) is 11.2 Å². The van der Waals surface area contributed by atoms with Crippen molar-refractivity contribution in [2.24, 2.45) is 5.41 Å². The molecule has 1 heterocycles. The number of rotatable bonds is 4. The predicted octanol–water partition coefficient (Wildman–Crippen LogP) is 3.69. The van der Waals surface area contributed by atoms with Crippen LogP contribution >= 0.6 is 0 Å². The highest BCUT2D eigenvalue weighted by Gasteiger charge is 2.34. The Morgan fingerprint density at radius 1 is 1.19 bits per heavy atom. The van der Waals surface area contributed by atoms with Gasteiger partial charge in [-0.2, -0.15) is 0 Å². The number of ether oxygens (including phenoxy) is 1. The second-order valence-electron chi connectivity index (χ2n) is 7.21. The minimum absolute atomic E-state index is 0.0115. The van der Waals surface area contributed by atoms with Gasteiger partial charge in [0.25, 0.3) is 0 Å². The van der Waals surface area contributed by atoms with Gasteiger partial charge in [0.1, 0.15) is 11.6 Å². The summed E-state index contributed by atoms with van der Waals surface area (Å²) in [5.74, 6) is -1.03. The van der Waals surface area contributed by atoms with Crippen molar-refractivity contribution in [1.82, 2.24) is 5.32 Å². The summed E-state index contributed by atoms with van der Waals surface area (Å²) >= 11 is 0. The van der Waals surface area contributed by atoms with Crippen molar-refractivity contribution in [2.75, 3.05) is 19.8 Å². The van der Waals surface area contributed by atoms with E-state index in [1.807, 2.05) is 0 Å². The first-order valence-corrected chi connectivity index (χ1v) is 7.56. The minimum Gasteiger partial charge on any atom is -0.381 e. The van der Waals surface area contributed by atoms with Crippen LogP contribution < -0.4 is 5.32 Å². The minimum atomic E-state index is -0.513. The van der Waals surface area contributed by atoms with E-state index in [9.17, 15) is 8.78 Å². The molecule has 2 rings (SSSR count). The van der Waals surface area contributed by atoms with E-state index in [4.69, 9.17) is 4.74 Å². The van der Waals surface area contributed by atoms with Gasteiger partial charge in [0.2, 0.25) is 0 Å². The van der Waals surface area contributed by atoms with Crippen LogP contribution in [0.3, 0.4) is 0 Å². The van der Waals surface area contributed by atoms with Gasteiger partial charge in [-0.05, 0) is 57.7 Å². The van der Waals surface area contributed by atoms with Gasteiger partial charge in [0.05, 0.1) is 6.61 Å². The fourth-order valence-electron chi connectivity index (χ4n) is 2.85. The molecule has 1 N–H and O–H groups in total. The Bertz CT molecular complexity index is 456. The van der Waals surface area contributed by atoms with Crippen molar-refractivity contribution in [1.29, 1.82) is 0 Å². The first kappa shape index (κ1) is 16.4. The summed E-state index contributed by atoms with van der Waals surface area (Å²) in [5.41, 5.74) is 0.623. The van der Waals surface area contributed by atoms with Crippen molar-refractivity contribution >= 4 is 0 Å². The molecule has 0 bridgehead atoms. The van der Waals surface area contributed by atoms with Crippen LogP contribution in [0.4, 0.5) is 8.78 Å². The van der Waals surface area contributed by atoms with E-state index in [2.05, 4.69) is 26.1 Å². The van der Waals surface area contributed by atoms with Crippen molar-refractivity contribution in [2.45, 2.75) is 45.6 Å². The van der Waals surface area contributed by atoms with Gasteiger partial charge in [-0.1, -0.05) is 0 Å². The Hall–Kier alpha value is -1.00. The van der Waals surface area contributed by atoms with Gasteiger partial charge in [-0.15, -0.1) is 0 Å². The van der Waals surface area contributed by atoms with Gasteiger partial charge < -0.3 is 10.1 Å². The van der Waals surface area contributed by atoms with E-state index in [-0.39, 0.29) is 11.0 Å². The largest absolute Gasteiger partial charge is 0.381 e. The summed E-state index contributed by atoms with van der Waals surface area (Å²) in [6.07, 6.45) is 2.63. The standard InChI is InChI=1S/C17H25F2NO/c1-16(2,3)20-11-17(5-4-6-21-12-17)10-13-7-14(18)9-15(19)8-13/h7-9,20H,4-6,10-12H2,1-3H3. The van der Waals surface area contributed by atoms with E-state index in [1.54, 1.807) is 0 Å². The second kappa shape index (κ2) is 6.41. The molecule has 2 nitrogen and oxygen atoms in total. The van der Waals surface area contributed by atoms with Gasteiger partial charge in [0, 0.05) is 30.2 Å². The van der Waals surface area contributed by atoms with Crippen molar-refractivity contribution in [3.05, 3.63) is 35.4 Å².